The Hall–Kier alpha value is -1.69. The SMILES string of the molecule is CS(=O)c1ccc(Oc2cn[nH]n2)cc1. The average molecular weight is 223 g/mol. The molecular weight excluding hydrogens is 214 g/mol. The predicted octanol–water partition coefficient (Wildman–Crippen LogP) is 1.33. The van der Waals surface area contributed by atoms with Crippen LogP contribution in [0.25, 0.3) is 0 Å². The zero-order valence-corrected chi connectivity index (χ0v) is 8.82. The highest BCUT2D eigenvalue weighted by Gasteiger charge is 2.01. The fourth-order valence-electron chi connectivity index (χ4n) is 1.06. The normalized spacial score (nSPS) is 12.3. The summed E-state index contributed by atoms with van der Waals surface area (Å²) in [5.41, 5.74) is 0. The van der Waals surface area contributed by atoms with Crippen molar-refractivity contribution < 1.29 is 8.95 Å². The molecule has 5 nitrogen and oxygen atoms in total. The van der Waals surface area contributed by atoms with Gasteiger partial charge in [-0.15, -0.1) is 5.10 Å². The highest BCUT2D eigenvalue weighted by molar-refractivity contribution is 7.84. The molecule has 0 aliphatic rings. The van der Waals surface area contributed by atoms with Gasteiger partial charge in [-0.05, 0) is 24.3 Å². The number of nitrogens with zero attached hydrogens (tertiary/aromatic N) is 2. The maximum Gasteiger partial charge on any atom is 0.258 e. The van der Waals surface area contributed by atoms with E-state index in [0.29, 0.717) is 11.6 Å². The molecule has 0 saturated heterocycles. The molecule has 0 aliphatic carbocycles. The Balaban J connectivity index is 2.14. The smallest absolute Gasteiger partial charge is 0.258 e. The fraction of sp³-hybridized carbons (Fsp3) is 0.111. The first-order valence-electron chi connectivity index (χ1n) is 4.23. The summed E-state index contributed by atoms with van der Waals surface area (Å²) in [6.07, 6.45) is 3.11. The first kappa shape index (κ1) is 9.85. The van der Waals surface area contributed by atoms with Gasteiger partial charge in [-0.3, -0.25) is 4.21 Å². The Labute approximate surface area is 88.9 Å². The van der Waals surface area contributed by atoms with Gasteiger partial charge in [0.15, 0.2) is 0 Å². The molecule has 0 amide bonds. The number of H-pyrrole nitrogens is 1. The van der Waals surface area contributed by atoms with Gasteiger partial charge in [0.25, 0.3) is 5.88 Å². The number of benzene rings is 1. The highest BCUT2D eigenvalue weighted by Crippen LogP contribution is 2.19. The molecule has 78 valence electrons. The van der Waals surface area contributed by atoms with E-state index in [9.17, 15) is 4.21 Å². The van der Waals surface area contributed by atoms with E-state index in [2.05, 4.69) is 15.4 Å². The molecule has 0 spiro atoms. The van der Waals surface area contributed by atoms with E-state index < -0.39 is 10.8 Å². The third-order valence-corrected chi connectivity index (χ3v) is 2.71. The van der Waals surface area contributed by atoms with Gasteiger partial charge in [-0.1, -0.05) is 0 Å². The second-order valence-electron chi connectivity index (χ2n) is 2.84. The number of nitrogens with one attached hydrogen (secondary N) is 1. The molecule has 1 heterocycles. The van der Waals surface area contributed by atoms with E-state index >= 15 is 0 Å². The van der Waals surface area contributed by atoms with Gasteiger partial charge in [0.2, 0.25) is 0 Å². The Morgan fingerprint density at radius 3 is 2.60 bits per heavy atom. The molecular formula is C9H9N3O2S. The van der Waals surface area contributed by atoms with Gasteiger partial charge < -0.3 is 4.74 Å². The van der Waals surface area contributed by atoms with Crippen molar-refractivity contribution in [1.29, 1.82) is 0 Å². The van der Waals surface area contributed by atoms with E-state index in [4.69, 9.17) is 4.74 Å². The van der Waals surface area contributed by atoms with Crippen LogP contribution in [0.1, 0.15) is 0 Å². The van der Waals surface area contributed by atoms with Crippen molar-refractivity contribution in [3.63, 3.8) is 0 Å². The van der Waals surface area contributed by atoms with Gasteiger partial charge in [-0.25, -0.2) is 0 Å². The number of hydrogen-bond donors (Lipinski definition) is 1. The van der Waals surface area contributed by atoms with E-state index in [0.717, 1.165) is 4.90 Å². The minimum absolute atomic E-state index is 0.403. The van der Waals surface area contributed by atoms with Crippen LogP contribution in [-0.2, 0) is 10.8 Å². The predicted molar refractivity (Wildman–Crippen MR) is 55.2 cm³/mol. The number of aromatic amines is 1. The molecule has 0 bridgehead atoms. The molecule has 1 atom stereocenters. The van der Waals surface area contributed by atoms with E-state index in [1.165, 1.54) is 6.20 Å². The first-order chi connectivity index (χ1) is 7.25. The van der Waals surface area contributed by atoms with Crippen molar-refractivity contribution in [2.75, 3.05) is 6.26 Å². The summed E-state index contributed by atoms with van der Waals surface area (Å²) in [6.45, 7) is 0. The van der Waals surface area contributed by atoms with Crippen LogP contribution in [-0.4, -0.2) is 25.9 Å². The largest absolute Gasteiger partial charge is 0.436 e. The lowest BCUT2D eigenvalue weighted by molar-refractivity contribution is 0.461. The highest BCUT2D eigenvalue weighted by atomic mass is 32.2. The van der Waals surface area contributed by atoms with Gasteiger partial charge in [0, 0.05) is 22.0 Å². The number of hydrogen-bond acceptors (Lipinski definition) is 4. The zero-order chi connectivity index (χ0) is 10.7. The minimum Gasteiger partial charge on any atom is -0.436 e. The van der Waals surface area contributed by atoms with Gasteiger partial charge in [0.1, 0.15) is 11.9 Å². The van der Waals surface area contributed by atoms with Gasteiger partial charge >= 0.3 is 0 Å². The van der Waals surface area contributed by atoms with Crippen molar-refractivity contribution in [2.24, 2.45) is 0 Å². The van der Waals surface area contributed by atoms with E-state index in [-0.39, 0.29) is 0 Å². The van der Waals surface area contributed by atoms with E-state index in [1.54, 1.807) is 30.5 Å². The first-order valence-corrected chi connectivity index (χ1v) is 5.78. The molecule has 0 saturated carbocycles. The average Bonchev–Trinajstić information content (AvgIpc) is 2.71. The molecule has 6 heteroatoms. The summed E-state index contributed by atoms with van der Waals surface area (Å²) < 4.78 is 16.5. The fourth-order valence-corrected chi connectivity index (χ4v) is 1.58. The monoisotopic (exact) mass is 223 g/mol. The zero-order valence-electron chi connectivity index (χ0n) is 8.01. The van der Waals surface area contributed by atoms with Crippen LogP contribution in [0.2, 0.25) is 0 Å². The summed E-state index contributed by atoms with van der Waals surface area (Å²) in [5, 5.41) is 9.81. The van der Waals surface area contributed by atoms with Gasteiger partial charge in [0.05, 0.1) is 0 Å². The lowest BCUT2D eigenvalue weighted by Crippen LogP contribution is -1.88. The molecule has 15 heavy (non-hydrogen) atoms. The van der Waals surface area contributed by atoms with Crippen LogP contribution >= 0.6 is 0 Å². The lowest BCUT2D eigenvalue weighted by atomic mass is 10.3. The summed E-state index contributed by atoms with van der Waals surface area (Å²) in [5.74, 6) is 1.04. The Morgan fingerprint density at radius 2 is 2.07 bits per heavy atom. The quantitative estimate of drug-likeness (QED) is 0.852. The number of rotatable bonds is 3. The van der Waals surface area contributed by atoms with Crippen molar-refractivity contribution in [3.05, 3.63) is 30.5 Å². The van der Waals surface area contributed by atoms with Crippen LogP contribution in [0.3, 0.4) is 0 Å². The Morgan fingerprint density at radius 1 is 1.33 bits per heavy atom. The van der Waals surface area contributed by atoms with Crippen LogP contribution in [0.5, 0.6) is 11.6 Å². The van der Waals surface area contributed by atoms with E-state index in [1.807, 2.05) is 0 Å². The second kappa shape index (κ2) is 4.22. The topological polar surface area (TPSA) is 67.9 Å². The van der Waals surface area contributed by atoms with Crippen molar-refractivity contribution in [3.8, 4) is 11.6 Å². The molecule has 0 radical (unpaired) electrons. The van der Waals surface area contributed by atoms with Crippen molar-refractivity contribution >= 4 is 10.8 Å². The van der Waals surface area contributed by atoms with Crippen molar-refractivity contribution in [1.82, 2.24) is 15.4 Å². The lowest BCUT2D eigenvalue weighted by Gasteiger charge is -2.01. The van der Waals surface area contributed by atoms with Crippen LogP contribution in [0.4, 0.5) is 0 Å². The molecule has 0 fully saturated rings. The number of aromatic nitrogens is 3. The summed E-state index contributed by atoms with van der Waals surface area (Å²) in [4.78, 5) is 0.766. The summed E-state index contributed by atoms with van der Waals surface area (Å²) in [6, 6.07) is 6.99. The van der Waals surface area contributed by atoms with Gasteiger partial charge in [-0.2, -0.15) is 10.3 Å². The minimum atomic E-state index is -0.966. The number of ether oxygens (including phenoxy) is 1. The summed E-state index contributed by atoms with van der Waals surface area (Å²) >= 11 is 0. The summed E-state index contributed by atoms with van der Waals surface area (Å²) in [7, 11) is -0.966. The van der Waals surface area contributed by atoms with Crippen molar-refractivity contribution in [2.45, 2.75) is 4.90 Å². The molecule has 1 N–H and O–H groups in total. The third-order valence-electron chi connectivity index (χ3n) is 1.77. The van der Waals surface area contributed by atoms with Crippen LogP contribution in [0.15, 0.2) is 35.4 Å². The third kappa shape index (κ3) is 2.41. The second-order valence-corrected chi connectivity index (χ2v) is 4.22. The van der Waals surface area contributed by atoms with Crippen LogP contribution in [0, 0.1) is 0 Å². The molecule has 1 aromatic carbocycles. The Bertz CT molecular complexity index is 453. The maximum atomic E-state index is 11.1. The van der Waals surface area contributed by atoms with Crippen LogP contribution < -0.4 is 4.74 Å². The molecule has 2 aromatic rings. The molecule has 1 unspecified atom stereocenters. The standard InChI is InChI=1S/C9H9N3O2S/c1-15(13)8-4-2-7(3-5-8)14-9-6-10-12-11-9/h2-6H,1H3,(H,10,11,12). The molecule has 1 aromatic heterocycles. The Kier molecular flexibility index (Phi) is 2.77. The maximum absolute atomic E-state index is 11.1. The molecule has 0 aliphatic heterocycles. The molecule has 2 rings (SSSR count).